The standard InChI is InChI=1S/C19H19BrFNO3S/c20-15-3-1-14(2-4-15)13-19(23)22-11-9-18(10-12-22)26(24,25)17-7-5-16(21)6-8-17/h1-8,18H,9-13H2. The Kier molecular flexibility index (Phi) is 5.77. The molecule has 0 unspecified atom stereocenters. The Balaban J connectivity index is 1.60. The molecule has 1 heterocycles. The minimum Gasteiger partial charge on any atom is -0.342 e. The van der Waals surface area contributed by atoms with Gasteiger partial charge in [-0.25, -0.2) is 12.8 Å². The quantitative estimate of drug-likeness (QED) is 0.683. The van der Waals surface area contributed by atoms with E-state index in [2.05, 4.69) is 15.9 Å². The molecule has 0 radical (unpaired) electrons. The minimum absolute atomic E-state index is 0.00459. The van der Waals surface area contributed by atoms with Crippen molar-refractivity contribution in [3.05, 3.63) is 64.4 Å². The fourth-order valence-electron chi connectivity index (χ4n) is 3.12. The fraction of sp³-hybridized carbons (Fsp3) is 0.316. The molecular weight excluding hydrogens is 421 g/mol. The lowest BCUT2D eigenvalue weighted by atomic mass is 10.1. The van der Waals surface area contributed by atoms with Gasteiger partial charge in [0.05, 0.1) is 16.6 Å². The van der Waals surface area contributed by atoms with Crippen molar-refractivity contribution in [3.63, 3.8) is 0 Å². The van der Waals surface area contributed by atoms with E-state index in [1.54, 1.807) is 4.90 Å². The van der Waals surface area contributed by atoms with Crippen LogP contribution in [0, 0.1) is 5.82 Å². The highest BCUT2D eigenvalue weighted by molar-refractivity contribution is 9.10. The number of piperidine rings is 1. The third-order valence-corrected chi connectivity index (χ3v) is 7.45. The summed E-state index contributed by atoms with van der Waals surface area (Å²) in [5.41, 5.74) is 0.930. The summed E-state index contributed by atoms with van der Waals surface area (Å²) in [6.07, 6.45) is 1.10. The van der Waals surface area contributed by atoms with Crippen LogP contribution < -0.4 is 0 Å². The number of nitrogens with zero attached hydrogens (tertiary/aromatic N) is 1. The largest absolute Gasteiger partial charge is 0.342 e. The summed E-state index contributed by atoms with van der Waals surface area (Å²) in [7, 11) is -3.50. The third-order valence-electron chi connectivity index (χ3n) is 4.64. The Bertz CT molecular complexity index is 874. The molecule has 1 aliphatic heterocycles. The van der Waals surface area contributed by atoms with Gasteiger partial charge in [-0.15, -0.1) is 0 Å². The van der Waals surface area contributed by atoms with E-state index in [0.717, 1.165) is 22.2 Å². The Labute approximate surface area is 161 Å². The number of carbonyl (C=O) groups is 1. The third kappa shape index (κ3) is 4.32. The van der Waals surface area contributed by atoms with E-state index < -0.39 is 20.9 Å². The fourth-order valence-corrected chi connectivity index (χ4v) is 5.12. The van der Waals surface area contributed by atoms with Gasteiger partial charge in [-0.3, -0.25) is 4.79 Å². The molecule has 0 aromatic heterocycles. The van der Waals surface area contributed by atoms with Gasteiger partial charge < -0.3 is 4.90 Å². The van der Waals surface area contributed by atoms with Gasteiger partial charge in [-0.05, 0) is 54.8 Å². The molecule has 2 aromatic carbocycles. The number of carbonyl (C=O) groups excluding carboxylic acids is 1. The first-order valence-corrected chi connectivity index (χ1v) is 10.7. The molecule has 138 valence electrons. The number of rotatable bonds is 4. The van der Waals surface area contributed by atoms with Gasteiger partial charge >= 0.3 is 0 Å². The smallest absolute Gasteiger partial charge is 0.226 e. The molecule has 0 bridgehead atoms. The molecule has 3 rings (SSSR count). The summed E-state index contributed by atoms with van der Waals surface area (Å²) in [4.78, 5) is 14.3. The predicted molar refractivity (Wildman–Crippen MR) is 101 cm³/mol. The van der Waals surface area contributed by atoms with Crippen LogP contribution in [0.4, 0.5) is 4.39 Å². The number of hydrogen-bond donors (Lipinski definition) is 0. The van der Waals surface area contributed by atoms with Crippen molar-refractivity contribution in [2.24, 2.45) is 0 Å². The number of likely N-dealkylation sites (tertiary alicyclic amines) is 1. The van der Waals surface area contributed by atoms with Crippen LogP contribution in [0.25, 0.3) is 0 Å². The molecule has 2 aromatic rings. The molecule has 7 heteroatoms. The van der Waals surface area contributed by atoms with Crippen LogP contribution in [-0.4, -0.2) is 37.6 Å². The number of halogens is 2. The Morgan fingerprint density at radius 1 is 1.04 bits per heavy atom. The lowest BCUT2D eigenvalue weighted by molar-refractivity contribution is -0.131. The summed E-state index contributed by atoms with van der Waals surface area (Å²) in [5.74, 6) is -0.456. The van der Waals surface area contributed by atoms with Crippen molar-refractivity contribution in [2.45, 2.75) is 29.4 Å². The Morgan fingerprint density at radius 3 is 2.19 bits per heavy atom. The van der Waals surface area contributed by atoms with Crippen molar-refractivity contribution < 1.29 is 17.6 Å². The van der Waals surface area contributed by atoms with Crippen LogP contribution in [-0.2, 0) is 21.1 Å². The zero-order valence-electron chi connectivity index (χ0n) is 14.1. The minimum atomic E-state index is -3.50. The Morgan fingerprint density at radius 2 is 1.62 bits per heavy atom. The van der Waals surface area contributed by atoms with E-state index in [0.29, 0.717) is 32.4 Å². The first-order valence-electron chi connectivity index (χ1n) is 8.38. The average molecular weight is 440 g/mol. The first kappa shape index (κ1) is 19.0. The van der Waals surface area contributed by atoms with Crippen molar-refractivity contribution in [3.8, 4) is 0 Å². The maximum Gasteiger partial charge on any atom is 0.226 e. The van der Waals surface area contributed by atoms with E-state index in [4.69, 9.17) is 0 Å². The molecule has 26 heavy (non-hydrogen) atoms. The number of benzene rings is 2. The van der Waals surface area contributed by atoms with Crippen molar-refractivity contribution >= 4 is 31.7 Å². The van der Waals surface area contributed by atoms with Gasteiger partial charge in [0.1, 0.15) is 5.82 Å². The second kappa shape index (κ2) is 7.88. The highest BCUT2D eigenvalue weighted by atomic mass is 79.9. The molecule has 1 amide bonds. The van der Waals surface area contributed by atoms with E-state index in [-0.39, 0.29) is 10.8 Å². The average Bonchev–Trinajstić information content (AvgIpc) is 2.64. The maximum atomic E-state index is 13.0. The molecule has 0 aliphatic carbocycles. The van der Waals surface area contributed by atoms with Gasteiger partial charge in [0, 0.05) is 17.6 Å². The van der Waals surface area contributed by atoms with Crippen LogP contribution in [0.5, 0.6) is 0 Å². The summed E-state index contributed by atoms with van der Waals surface area (Å²) in [5, 5.41) is -0.537. The monoisotopic (exact) mass is 439 g/mol. The highest BCUT2D eigenvalue weighted by Gasteiger charge is 2.32. The van der Waals surface area contributed by atoms with Crippen LogP contribution in [0.2, 0.25) is 0 Å². The Hall–Kier alpha value is -1.73. The second-order valence-electron chi connectivity index (χ2n) is 6.38. The SMILES string of the molecule is O=C(Cc1ccc(Br)cc1)N1CCC(S(=O)(=O)c2ccc(F)cc2)CC1. The van der Waals surface area contributed by atoms with Crippen LogP contribution in [0.1, 0.15) is 18.4 Å². The molecule has 0 saturated carbocycles. The van der Waals surface area contributed by atoms with Gasteiger partial charge in [0.15, 0.2) is 9.84 Å². The van der Waals surface area contributed by atoms with Crippen LogP contribution in [0.3, 0.4) is 0 Å². The first-order chi connectivity index (χ1) is 12.4. The van der Waals surface area contributed by atoms with Gasteiger partial charge in [-0.1, -0.05) is 28.1 Å². The van der Waals surface area contributed by atoms with Crippen molar-refractivity contribution in [1.29, 1.82) is 0 Å². The van der Waals surface area contributed by atoms with Gasteiger partial charge in [0.2, 0.25) is 5.91 Å². The molecule has 4 nitrogen and oxygen atoms in total. The summed E-state index contributed by atoms with van der Waals surface area (Å²) >= 11 is 3.36. The predicted octanol–water partition coefficient (Wildman–Crippen LogP) is 3.60. The number of amides is 1. The lowest BCUT2D eigenvalue weighted by Gasteiger charge is -2.32. The molecule has 1 saturated heterocycles. The zero-order chi connectivity index (χ0) is 18.7. The molecule has 0 spiro atoms. The van der Waals surface area contributed by atoms with E-state index in [9.17, 15) is 17.6 Å². The molecule has 1 fully saturated rings. The highest BCUT2D eigenvalue weighted by Crippen LogP contribution is 2.25. The summed E-state index contributed by atoms with van der Waals surface area (Å²) in [6.45, 7) is 0.834. The second-order valence-corrected chi connectivity index (χ2v) is 9.53. The number of sulfone groups is 1. The molecule has 0 atom stereocenters. The topological polar surface area (TPSA) is 54.5 Å². The maximum absolute atomic E-state index is 13.0. The molecular formula is C19H19BrFNO3S. The van der Waals surface area contributed by atoms with E-state index in [1.807, 2.05) is 24.3 Å². The normalized spacial score (nSPS) is 15.8. The molecule has 0 N–H and O–H groups in total. The van der Waals surface area contributed by atoms with E-state index >= 15 is 0 Å². The molecule has 1 aliphatic rings. The van der Waals surface area contributed by atoms with E-state index in [1.165, 1.54) is 12.1 Å². The summed E-state index contributed by atoms with van der Waals surface area (Å²) < 4.78 is 39.3. The van der Waals surface area contributed by atoms with Crippen LogP contribution >= 0.6 is 15.9 Å². The van der Waals surface area contributed by atoms with Crippen molar-refractivity contribution in [1.82, 2.24) is 4.90 Å². The van der Waals surface area contributed by atoms with Gasteiger partial charge in [-0.2, -0.15) is 0 Å². The summed E-state index contributed by atoms with van der Waals surface area (Å²) in [6, 6.07) is 12.5. The lowest BCUT2D eigenvalue weighted by Crippen LogP contribution is -2.43. The van der Waals surface area contributed by atoms with Crippen LogP contribution in [0.15, 0.2) is 57.9 Å². The zero-order valence-corrected chi connectivity index (χ0v) is 16.5. The van der Waals surface area contributed by atoms with Gasteiger partial charge in [0.25, 0.3) is 0 Å². The number of hydrogen-bond acceptors (Lipinski definition) is 3. The van der Waals surface area contributed by atoms with Crippen molar-refractivity contribution in [2.75, 3.05) is 13.1 Å².